The maximum atomic E-state index is 2.75. The number of rotatable bonds is 6. The Morgan fingerprint density at radius 1 is 0.750 bits per heavy atom. The maximum absolute atomic E-state index is 2.75. The van der Waals surface area contributed by atoms with Gasteiger partial charge in [-0.25, -0.2) is 0 Å². The Labute approximate surface area is 125 Å². The fourth-order valence-corrected chi connectivity index (χ4v) is 5.05. The van der Waals surface area contributed by atoms with E-state index in [1.54, 1.807) is 0 Å². The summed E-state index contributed by atoms with van der Waals surface area (Å²) in [4.78, 5) is 5.51. The van der Waals surface area contributed by atoms with Gasteiger partial charge in [0, 0.05) is 13.1 Å². The van der Waals surface area contributed by atoms with Crippen LogP contribution in [-0.4, -0.2) is 49.1 Å². The Kier molecular flexibility index (Phi) is 5.04. The van der Waals surface area contributed by atoms with E-state index in [0.717, 1.165) is 5.92 Å². The highest BCUT2D eigenvalue weighted by Gasteiger charge is 2.34. The van der Waals surface area contributed by atoms with Crippen LogP contribution in [0.15, 0.2) is 0 Å². The summed E-state index contributed by atoms with van der Waals surface area (Å²) < 4.78 is 0. The van der Waals surface area contributed by atoms with Crippen molar-refractivity contribution in [2.45, 2.75) is 64.7 Å². The molecule has 2 aliphatic heterocycles. The van der Waals surface area contributed by atoms with Crippen LogP contribution in [-0.2, 0) is 0 Å². The van der Waals surface area contributed by atoms with Gasteiger partial charge in [-0.3, -0.25) is 0 Å². The Bertz CT molecular complexity index is 238. The second-order valence-electron chi connectivity index (χ2n) is 8.13. The molecule has 3 fully saturated rings. The van der Waals surface area contributed by atoms with Crippen molar-refractivity contribution in [1.82, 2.24) is 9.80 Å². The lowest BCUT2D eigenvalue weighted by molar-refractivity contribution is 0.105. The van der Waals surface area contributed by atoms with Gasteiger partial charge in [0.25, 0.3) is 0 Å². The van der Waals surface area contributed by atoms with Gasteiger partial charge in [0.2, 0.25) is 0 Å². The lowest BCUT2D eigenvalue weighted by Crippen LogP contribution is -2.43. The Balaban J connectivity index is 1.59. The molecule has 1 aliphatic carbocycles. The van der Waals surface area contributed by atoms with Crippen LogP contribution in [0.1, 0.15) is 64.7 Å². The normalized spacial score (nSPS) is 26.9. The average Bonchev–Trinajstić information content (AvgIpc) is 3.11. The standard InChI is InChI=1S/C18H34N2/c1-18(14-17-8-2-3-9-17,15-19-10-4-5-11-19)16-20-12-6-7-13-20/h17H,2-16H2,1H3. The highest BCUT2D eigenvalue weighted by Crippen LogP contribution is 2.38. The monoisotopic (exact) mass is 278 g/mol. The summed E-state index contributed by atoms with van der Waals surface area (Å²) in [6.45, 7) is 10.8. The highest BCUT2D eigenvalue weighted by molar-refractivity contribution is 4.88. The third-order valence-electron chi connectivity index (χ3n) is 5.86. The summed E-state index contributed by atoms with van der Waals surface area (Å²) >= 11 is 0. The summed E-state index contributed by atoms with van der Waals surface area (Å²) in [5.41, 5.74) is 0.545. The van der Waals surface area contributed by atoms with Crippen LogP contribution in [0, 0.1) is 11.3 Å². The minimum Gasteiger partial charge on any atom is -0.303 e. The lowest BCUT2D eigenvalue weighted by atomic mass is 9.79. The van der Waals surface area contributed by atoms with Crippen molar-refractivity contribution in [3.8, 4) is 0 Å². The predicted molar refractivity (Wildman–Crippen MR) is 86.0 cm³/mol. The molecule has 20 heavy (non-hydrogen) atoms. The van der Waals surface area contributed by atoms with E-state index in [0.29, 0.717) is 5.41 Å². The lowest BCUT2D eigenvalue weighted by Gasteiger charge is -2.39. The molecule has 2 nitrogen and oxygen atoms in total. The zero-order chi connectivity index (χ0) is 13.8. The molecule has 0 amide bonds. The Morgan fingerprint density at radius 3 is 1.65 bits per heavy atom. The van der Waals surface area contributed by atoms with Gasteiger partial charge in [-0.2, -0.15) is 0 Å². The molecule has 0 aromatic heterocycles. The number of hydrogen-bond donors (Lipinski definition) is 0. The number of likely N-dealkylation sites (tertiary alicyclic amines) is 2. The van der Waals surface area contributed by atoms with Crippen molar-refractivity contribution in [3.63, 3.8) is 0 Å². The van der Waals surface area contributed by atoms with Crippen LogP contribution in [0.3, 0.4) is 0 Å². The molecule has 3 rings (SSSR count). The first-order valence-electron chi connectivity index (χ1n) is 9.18. The molecule has 0 radical (unpaired) electrons. The van der Waals surface area contributed by atoms with Gasteiger partial charge in [0.05, 0.1) is 0 Å². The topological polar surface area (TPSA) is 6.48 Å². The third kappa shape index (κ3) is 3.98. The summed E-state index contributed by atoms with van der Waals surface area (Å²) in [5.74, 6) is 1.03. The first-order valence-corrected chi connectivity index (χ1v) is 9.18. The molecule has 0 spiro atoms. The van der Waals surface area contributed by atoms with Gasteiger partial charge in [0.15, 0.2) is 0 Å². The summed E-state index contributed by atoms with van der Waals surface area (Å²) in [6.07, 6.45) is 13.2. The minimum absolute atomic E-state index is 0.545. The zero-order valence-electron chi connectivity index (χ0n) is 13.6. The van der Waals surface area contributed by atoms with Crippen molar-refractivity contribution in [3.05, 3.63) is 0 Å². The van der Waals surface area contributed by atoms with Crippen LogP contribution in [0.5, 0.6) is 0 Å². The molecule has 116 valence electrons. The van der Waals surface area contributed by atoms with E-state index in [2.05, 4.69) is 16.7 Å². The first kappa shape index (κ1) is 14.8. The third-order valence-corrected chi connectivity index (χ3v) is 5.86. The van der Waals surface area contributed by atoms with E-state index in [9.17, 15) is 0 Å². The zero-order valence-corrected chi connectivity index (χ0v) is 13.6. The summed E-state index contributed by atoms with van der Waals surface area (Å²) in [7, 11) is 0. The average molecular weight is 278 g/mol. The van der Waals surface area contributed by atoms with E-state index < -0.39 is 0 Å². The minimum atomic E-state index is 0.545. The van der Waals surface area contributed by atoms with Gasteiger partial charge in [-0.15, -0.1) is 0 Å². The Hall–Kier alpha value is -0.0800. The molecule has 3 aliphatic rings. The number of nitrogens with zero attached hydrogens (tertiary/aromatic N) is 2. The molecule has 1 saturated carbocycles. The van der Waals surface area contributed by atoms with Crippen LogP contribution in [0.2, 0.25) is 0 Å². The van der Waals surface area contributed by atoms with Crippen LogP contribution in [0.4, 0.5) is 0 Å². The van der Waals surface area contributed by atoms with Crippen molar-refractivity contribution < 1.29 is 0 Å². The fraction of sp³-hybridized carbons (Fsp3) is 1.00. The highest BCUT2D eigenvalue weighted by atomic mass is 15.2. The maximum Gasteiger partial charge on any atom is 0.00477 e. The summed E-state index contributed by atoms with van der Waals surface area (Å²) in [5, 5.41) is 0. The largest absolute Gasteiger partial charge is 0.303 e. The van der Waals surface area contributed by atoms with Gasteiger partial charge in [-0.05, 0) is 69.6 Å². The number of hydrogen-bond acceptors (Lipinski definition) is 2. The first-order chi connectivity index (χ1) is 9.73. The quantitative estimate of drug-likeness (QED) is 0.730. The predicted octanol–water partition coefficient (Wildman–Crippen LogP) is 3.76. The molecule has 0 atom stereocenters. The Morgan fingerprint density at radius 2 is 1.20 bits per heavy atom. The molecule has 2 heteroatoms. The molecule has 0 unspecified atom stereocenters. The van der Waals surface area contributed by atoms with Crippen LogP contribution < -0.4 is 0 Å². The van der Waals surface area contributed by atoms with E-state index in [4.69, 9.17) is 0 Å². The molecular formula is C18H34N2. The molecule has 0 N–H and O–H groups in total. The smallest absolute Gasteiger partial charge is 0.00477 e. The molecule has 2 heterocycles. The second kappa shape index (κ2) is 6.79. The molecular weight excluding hydrogens is 244 g/mol. The van der Waals surface area contributed by atoms with Crippen molar-refractivity contribution in [2.24, 2.45) is 11.3 Å². The molecule has 0 aromatic rings. The van der Waals surface area contributed by atoms with Crippen molar-refractivity contribution in [1.29, 1.82) is 0 Å². The summed E-state index contributed by atoms with van der Waals surface area (Å²) in [6, 6.07) is 0. The van der Waals surface area contributed by atoms with E-state index in [1.165, 1.54) is 97.1 Å². The fourth-order valence-electron chi connectivity index (χ4n) is 5.05. The van der Waals surface area contributed by atoms with Crippen molar-refractivity contribution in [2.75, 3.05) is 39.3 Å². The van der Waals surface area contributed by atoms with Gasteiger partial charge >= 0.3 is 0 Å². The molecule has 0 bridgehead atoms. The molecule has 0 aromatic carbocycles. The van der Waals surface area contributed by atoms with Gasteiger partial charge < -0.3 is 9.80 Å². The van der Waals surface area contributed by atoms with E-state index >= 15 is 0 Å². The van der Waals surface area contributed by atoms with Gasteiger partial charge in [-0.1, -0.05) is 32.6 Å². The van der Waals surface area contributed by atoms with Crippen LogP contribution in [0.25, 0.3) is 0 Å². The van der Waals surface area contributed by atoms with E-state index in [-0.39, 0.29) is 0 Å². The SMILES string of the molecule is CC(CC1CCCC1)(CN1CCCC1)CN1CCCC1. The van der Waals surface area contributed by atoms with Gasteiger partial charge in [0.1, 0.15) is 0 Å². The second-order valence-corrected chi connectivity index (χ2v) is 8.13. The van der Waals surface area contributed by atoms with Crippen LogP contribution >= 0.6 is 0 Å². The van der Waals surface area contributed by atoms with E-state index in [1.807, 2.05) is 0 Å². The molecule has 2 saturated heterocycles. The van der Waals surface area contributed by atoms with Crippen molar-refractivity contribution >= 4 is 0 Å².